The Morgan fingerprint density at radius 1 is 0.440 bits per heavy atom. The minimum Gasteiger partial charge on any atom is -0.309 e. The normalized spacial score (nSPS) is 13.1. The molecule has 9 aromatic rings. The van der Waals surface area contributed by atoms with Gasteiger partial charge in [-0.3, -0.25) is 0 Å². The highest BCUT2D eigenvalue weighted by Gasteiger charge is 2.17. The first kappa shape index (κ1) is 28.5. The van der Waals surface area contributed by atoms with Gasteiger partial charge < -0.3 is 9.13 Å². The second kappa shape index (κ2) is 11.6. The summed E-state index contributed by atoms with van der Waals surface area (Å²) in [6.07, 6.45) is 8.53. The second-order valence-corrected chi connectivity index (χ2v) is 13.0. The zero-order valence-corrected chi connectivity index (χ0v) is 27.4. The molecule has 0 saturated heterocycles. The number of rotatable bonds is 5. The fourth-order valence-electron chi connectivity index (χ4n) is 7.65. The number of nitrogens with zero attached hydrogens (tertiary/aromatic N) is 4. The van der Waals surface area contributed by atoms with E-state index in [0.29, 0.717) is 0 Å². The van der Waals surface area contributed by atoms with Gasteiger partial charge in [0.25, 0.3) is 0 Å². The predicted molar refractivity (Wildman–Crippen MR) is 208 cm³/mol. The van der Waals surface area contributed by atoms with Crippen molar-refractivity contribution < 1.29 is 0 Å². The van der Waals surface area contributed by atoms with Crippen LogP contribution in [0.5, 0.6) is 0 Å². The van der Waals surface area contributed by atoms with Crippen molar-refractivity contribution in [2.45, 2.75) is 12.8 Å². The van der Waals surface area contributed by atoms with Gasteiger partial charge >= 0.3 is 0 Å². The molecule has 3 aromatic heterocycles. The topological polar surface area (TPSA) is 35.6 Å². The molecule has 236 valence electrons. The first-order chi connectivity index (χ1) is 24.8. The molecule has 0 amide bonds. The number of aromatic nitrogens is 4. The quantitative estimate of drug-likeness (QED) is 0.188. The van der Waals surface area contributed by atoms with E-state index in [1.165, 1.54) is 49.2 Å². The van der Waals surface area contributed by atoms with Gasteiger partial charge in [-0.2, -0.15) is 0 Å². The van der Waals surface area contributed by atoms with E-state index in [9.17, 15) is 0 Å². The summed E-state index contributed by atoms with van der Waals surface area (Å²) in [7, 11) is 0. The summed E-state index contributed by atoms with van der Waals surface area (Å²) in [6.45, 7) is 0. The summed E-state index contributed by atoms with van der Waals surface area (Å²) in [5.74, 6) is 0.737. The van der Waals surface area contributed by atoms with Gasteiger partial charge in [-0.25, -0.2) is 9.97 Å². The summed E-state index contributed by atoms with van der Waals surface area (Å²) in [5, 5.41) is 4.99. The highest BCUT2D eigenvalue weighted by molar-refractivity contribution is 6.12. The molecule has 3 heterocycles. The highest BCUT2D eigenvalue weighted by Crippen LogP contribution is 2.37. The number of para-hydroxylation sites is 3. The maximum atomic E-state index is 5.10. The molecule has 6 aromatic carbocycles. The Morgan fingerprint density at radius 3 is 1.66 bits per heavy atom. The molecule has 4 nitrogen and oxygen atoms in total. The zero-order valence-electron chi connectivity index (χ0n) is 27.4. The minimum atomic E-state index is 0.737. The van der Waals surface area contributed by atoms with Crippen LogP contribution in [-0.4, -0.2) is 19.1 Å². The summed E-state index contributed by atoms with van der Waals surface area (Å²) in [4.78, 5) is 10.2. The Hall–Kier alpha value is -6.52. The Bertz CT molecular complexity index is 2740. The molecule has 0 N–H and O–H groups in total. The van der Waals surface area contributed by atoms with Crippen LogP contribution in [0.1, 0.15) is 18.5 Å². The van der Waals surface area contributed by atoms with E-state index < -0.39 is 0 Å². The largest absolute Gasteiger partial charge is 0.309 e. The smallest absolute Gasteiger partial charge is 0.160 e. The molecule has 0 atom stereocenters. The van der Waals surface area contributed by atoms with Gasteiger partial charge in [0.1, 0.15) is 0 Å². The van der Waals surface area contributed by atoms with Crippen molar-refractivity contribution >= 4 is 49.2 Å². The van der Waals surface area contributed by atoms with E-state index in [1.807, 2.05) is 6.07 Å². The van der Waals surface area contributed by atoms with E-state index in [0.717, 1.165) is 52.6 Å². The van der Waals surface area contributed by atoms with Crippen molar-refractivity contribution in [2.24, 2.45) is 0 Å². The Morgan fingerprint density at radius 2 is 1.00 bits per heavy atom. The Balaban J connectivity index is 1.10. The molecule has 1 aliphatic rings. The summed E-state index contributed by atoms with van der Waals surface area (Å²) in [5.41, 5.74) is 12.3. The van der Waals surface area contributed by atoms with E-state index in [-0.39, 0.29) is 0 Å². The van der Waals surface area contributed by atoms with Crippen LogP contribution in [0.25, 0.3) is 83.2 Å². The standard InChI is InChI=1S/C46H32N4/c1-3-13-31(14-4-1)40-30-41(32-15-5-2-6-16-32)48-46(47-40)33-23-25-34(26-24-33)49-44-22-12-9-19-38(44)39-29-35(27-28-45(39)49)50-42-20-10-7-17-36(42)37-18-8-11-21-43(37)50/h1-5,7-15,17-30H,6,16H2. The van der Waals surface area contributed by atoms with Crippen LogP contribution in [0.3, 0.4) is 0 Å². The average molecular weight is 641 g/mol. The lowest BCUT2D eigenvalue weighted by Crippen LogP contribution is -2.00. The van der Waals surface area contributed by atoms with Gasteiger partial charge in [-0.1, -0.05) is 103 Å². The van der Waals surface area contributed by atoms with Crippen LogP contribution in [0.4, 0.5) is 0 Å². The molecule has 0 fully saturated rings. The molecule has 0 radical (unpaired) electrons. The average Bonchev–Trinajstić information content (AvgIpc) is 3.71. The van der Waals surface area contributed by atoms with Crippen LogP contribution in [-0.2, 0) is 0 Å². The van der Waals surface area contributed by atoms with Crippen molar-refractivity contribution in [1.82, 2.24) is 19.1 Å². The lowest BCUT2D eigenvalue weighted by atomic mass is 10.00. The molecule has 0 unspecified atom stereocenters. The maximum Gasteiger partial charge on any atom is 0.160 e. The summed E-state index contributed by atoms with van der Waals surface area (Å²) >= 11 is 0. The SMILES string of the molecule is C1=CCCC(c2cc(-c3ccccc3)nc(-c3ccc(-n4c5ccccc5c5cc(-n6c7ccccc7c7ccccc76)ccc54)cc3)n2)=C1. The van der Waals surface area contributed by atoms with Gasteiger partial charge in [-0.05, 0) is 85.1 Å². The number of hydrogen-bond donors (Lipinski definition) is 0. The monoisotopic (exact) mass is 640 g/mol. The zero-order chi connectivity index (χ0) is 33.0. The number of allylic oxidation sites excluding steroid dienone is 4. The van der Waals surface area contributed by atoms with E-state index in [1.54, 1.807) is 0 Å². The molecule has 4 heteroatoms. The third-order valence-corrected chi connectivity index (χ3v) is 10.0. The molecule has 0 bridgehead atoms. The molecule has 50 heavy (non-hydrogen) atoms. The first-order valence-electron chi connectivity index (χ1n) is 17.2. The fraction of sp³-hybridized carbons (Fsp3) is 0.0435. The molecular weight excluding hydrogens is 609 g/mol. The van der Waals surface area contributed by atoms with E-state index >= 15 is 0 Å². The predicted octanol–water partition coefficient (Wildman–Crippen LogP) is 11.7. The fourth-order valence-corrected chi connectivity index (χ4v) is 7.65. The minimum absolute atomic E-state index is 0.737. The molecule has 10 rings (SSSR count). The first-order valence-corrected chi connectivity index (χ1v) is 17.2. The van der Waals surface area contributed by atoms with Crippen molar-refractivity contribution in [2.75, 3.05) is 0 Å². The second-order valence-electron chi connectivity index (χ2n) is 13.0. The van der Waals surface area contributed by atoms with Gasteiger partial charge in [0.2, 0.25) is 0 Å². The van der Waals surface area contributed by atoms with E-state index in [4.69, 9.17) is 9.97 Å². The Labute approximate surface area is 289 Å². The van der Waals surface area contributed by atoms with Crippen LogP contribution in [0, 0.1) is 0 Å². The van der Waals surface area contributed by atoms with Gasteiger partial charge in [0.05, 0.1) is 33.5 Å². The molecular formula is C46H32N4. The lowest BCUT2D eigenvalue weighted by Gasteiger charge is -2.13. The van der Waals surface area contributed by atoms with Crippen LogP contribution in [0.2, 0.25) is 0 Å². The third kappa shape index (κ3) is 4.61. The van der Waals surface area contributed by atoms with Crippen LogP contribution < -0.4 is 0 Å². The molecule has 0 spiro atoms. The van der Waals surface area contributed by atoms with Gasteiger partial charge in [-0.15, -0.1) is 0 Å². The van der Waals surface area contributed by atoms with Crippen molar-refractivity contribution in [3.05, 3.63) is 176 Å². The molecule has 0 saturated carbocycles. The van der Waals surface area contributed by atoms with Gasteiger partial charge in [0.15, 0.2) is 5.82 Å². The highest BCUT2D eigenvalue weighted by atomic mass is 15.0. The maximum absolute atomic E-state index is 5.10. The number of fused-ring (bicyclic) bond motifs is 6. The van der Waals surface area contributed by atoms with E-state index in [2.05, 4.69) is 173 Å². The lowest BCUT2D eigenvalue weighted by molar-refractivity contribution is 1.03. The molecule has 1 aliphatic carbocycles. The van der Waals surface area contributed by atoms with Crippen molar-refractivity contribution in [1.29, 1.82) is 0 Å². The Kier molecular flexibility index (Phi) is 6.59. The van der Waals surface area contributed by atoms with Crippen molar-refractivity contribution in [3.8, 4) is 34.0 Å². The third-order valence-electron chi connectivity index (χ3n) is 10.0. The number of benzene rings is 6. The van der Waals surface area contributed by atoms with Crippen LogP contribution in [0.15, 0.2) is 170 Å². The summed E-state index contributed by atoms with van der Waals surface area (Å²) < 4.78 is 4.76. The van der Waals surface area contributed by atoms with Crippen molar-refractivity contribution in [3.63, 3.8) is 0 Å². The van der Waals surface area contributed by atoms with Gasteiger partial charge in [0, 0.05) is 44.0 Å². The summed E-state index contributed by atoms with van der Waals surface area (Å²) in [6, 6.07) is 54.2. The van der Waals surface area contributed by atoms with Crippen LogP contribution >= 0.6 is 0 Å². The number of hydrogen-bond acceptors (Lipinski definition) is 2. The molecule has 0 aliphatic heterocycles.